The molecule has 0 aliphatic heterocycles. The van der Waals surface area contributed by atoms with Crippen molar-refractivity contribution in [2.75, 3.05) is 10.0 Å². The van der Waals surface area contributed by atoms with Gasteiger partial charge >= 0.3 is 6.18 Å². The number of amides is 1. The van der Waals surface area contributed by atoms with Crippen LogP contribution in [0.3, 0.4) is 0 Å². The Balaban J connectivity index is 1.76. The van der Waals surface area contributed by atoms with E-state index in [4.69, 9.17) is 11.6 Å². The van der Waals surface area contributed by atoms with Crippen LogP contribution in [0.4, 0.5) is 28.9 Å². The molecule has 0 bridgehead atoms. The highest BCUT2D eigenvalue weighted by atomic mass is 35.5. The van der Waals surface area contributed by atoms with E-state index in [0.717, 1.165) is 30.4 Å². The van der Waals surface area contributed by atoms with Crippen molar-refractivity contribution in [1.29, 1.82) is 0 Å². The van der Waals surface area contributed by atoms with Gasteiger partial charge in [-0.1, -0.05) is 11.6 Å². The Hall–Kier alpha value is -2.85. The van der Waals surface area contributed by atoms with Crippen LogP contribution in [0.1, 0.15) is 16.2 Å². The highest BCUT2D eigenvalue weighted by Gasteiger charge is 2.38. The average molecular weight is 443 g/mol. The van der Waals surface area contributed by atoms with Crippen molar-refractivity contribution in [3.63, 3.8) is 0 Å². The molecule has 1 amide bonds. The van der Waals surface area contributed by atoms with Crippen molar-refractivity contribution < 1.29 is 22.4 Å². The third-order valence-corrected chi connectivity index (χ3v) is 4.62. The zero-order valence-electron chi connectivity index (χ0n) is 14.3. The van der Waals surface area contributed by atoms with Gasteiger partial charge in [-0.3, -0.25) is 4.79 Å². The molecular weight excluding hydrogens is 432 g/mol. The Kier molecular flexibility index (Phi) is 6.23. The lowest BCUT2D eigenvalue weighted by atomic mass is 10.2. The maximum Gasteiger partial charge on any atom is 0.435 e. The zero-order valence-corrected chi connectivity index (χ0v) is 15.9. The van der Waals surface area contributed by atoms with Gasteiger partial charge in [-0.25, -0.2) is 14.4 Å². The normalized spacial score (nSPS) is 11.2. The largest absolute Gasteiger partial charge is 0.435 e. The van der Waals surface area contributed by atoms with E-state index in [1.165, 1.54) is 12.1 Å². The highest BCUT2D eigenvalue weighted by Crippen LogP contribution is 2.30. The van der Waals surface area contributed by atoms with E-state index in [0.29, 0.717) is 10.7 Å². The summed E-state index contributed by atoms with van der Waals surface area (Å²) in [5, 5.41) is 2.82. The van der Waals surface area contributed by atoms with Gasteiger partial charge in [-0.15, -0.1) is 0 Å². The van der Waals surface area contributed by atoms with Gasteiger partial charge in [-0.2, -0.15) is 13.2 Å². The second kappa shape index (κ2) is 8.66. The Labute approximate surface area is 171 Å². The maximum atomic E-state index is 14.1. The first-order chi connectivity index (χ1) is 13.7. The zero-order chi connectivity index (χ0) is 21.0. The van der Waals surface area contributed by atoms with Crippen LogP contribution in [-0.2, 0) is 6.18 Å². The van der Waals surface area contributed by atoms with Crippen LogP contribution in [-0.4, -0.2) is 15.9 Å². The van der Waals surface area contributed by atoms with E-state index in [-0.39, 0.29) is 10.6 Å². The van der Waals surface area contributed by atoms with Crippen LogP contribution in [0.25, 0.3) is 0 Å². The standard InChI is InChI=1S/C18H11ClF4N4OS/c19-10-1-3-11(4-2-10)27-29-14-9-12(5-6-13(14)20)26-17(28)15-16(18(21,22)23)25-8-7-24-15/h1-9,27H,(H,26,28). The number of carbonyl (C=O) groups is 1. The molecule has 0 fully saturated rings. The first kappa shape index (κ1) is 20.9. The van der Waals surface area contributed by atoms with Gasteiger partial charge in [0.25, 0.3) is 5.91 Å². The van der Waals surface area contributed by atoms with E-state index >= 15 is 0 Å². The van der Waals surface area contributed by atoms with Crippen LogP contribution in [0.2, 0.25) is 5.02 Å². The molecular formula is C18H11ClF4N4OS. The predicted octanol–water partition coefficient (Wildman–Crippen LogP) is 5.66. The average Bonchev–Trinajstić information content (AvgIpc) is 2.69. The fourth-order valence-electron chi connectivity index (χ4n) is 2.19. The number of aromatic nitrogens is 2. The molecule has 2 N–H and O–H groups in total. The molecule has 3 aromatic rings. The summed E-state index contributed by atoms with van der Waals surface area (Å²) in [5.41, 5.74) is -1.53. The summed E-state index contributed by atoms with van der Waals surface area (Å²) in [6, 6.07) is 10.3. The van der Waals surface area contributed by atoms with Gasteiger partial charge in [0.2, 0.25) is 0 Å². The minimum atomic E-state index is -4.84. The third kappa shape index (κ3) is 5.36. The number of alkyl halides is 3. The molecule has 150 valence electrons. The molecule has 0 saturated carbocycles. The number of carbonyl (C=O) groups excluding carboxylic acids is 1. The number of nitrogens with one attached hydrogen (secondary N) is 2. The lowest BCUT2D eigenvalue weighted by molar-refractivity contribution is -0.141. The molecule has 3 rings (SSSR count). The predicted molar refractivity (Wildman–Crippen MR) is 102 cm³/mol. The van der Waals surface area contributed by atoms with Gasteiger partial charge in [0.05, 0.1) is 4.90 Å². The molecule has 0 spiro atoms. The van der Waals surface area contributed by atoms with Crippen molar-refractivity contribution in [3.8, 4) is 0 Å². The van der Waals surface area contributed by atoms with Crippen molar-refractivity contribution in [2.45, 2.75) is 11.1 Å². The second-order valence-electron chi connectivity index (χ2n) is 5.56. The van der Waals surface area contributed by atoms with E-state index in [2.05, 4.69) is 20.0 Å². The molecule has 0 radical (unpaired) electrons. The molecule has 0 unspecified atom stereocenters. The minimum Gasteiger partial charge on any atom is -0.326 e. The molecule has 0 atom stereocenters. The number of halogens is 5. The molecule has 0 aliphatic carbocycles. The second-order valence-corrected chi connectivity index (χ2v) is 6.85. The van der Waals surface area contributed by atoms with Crippen LogP contribution in [0.5, 0.6) is 0 Å². The molecule has 11 heteroatoms. The lowest BCUT2D eigenvalue weighted by Crippen LogP contribution is -2.21. The Bertz CT molecular complexity index is 1030. The van der Waals surface area contributed by atoms with Gasteiger partial charge in [0.15, 0.2) is 11.4 Å². The summed E-state index contributed by atoms with van der Waals surface area (Å²) < 4.78 is 56.0. The van der Waals surface area contributed by atoms with E-state index < -0.39 is 29.3 Å². The molecule has 29 heavy (non-hydrogen) atoms. The quantitative estimate of drug-likeness (QED) is 0.394. The van der Waals surface area contributed by atoms with Gasteiger partial charge in [0, 0.05) is 28.8 Å². The Morgan fingerprint density at radius 3 is 2.34 bits per heavy atom. The fourth-order valence-corrected chi connectivity index (χ4v) is 3.03. The highest BCUT2D eigenvalue weighted by molar-refractivity contribution is 8.00. The van der Waals surface area contributed by atoms with Crippen LogP contribution in [0, 0.1) is 5.82 Å². The van der Waals surface area contributed by atoms with E-state index in [1.807, 2.05) is 0 Å². The Morgan fingerprint density at radius 1 is 1.00 bits per heavy atom. The van der Waals surface area contributed by atoms with E-state index in [9.17, 15) is 22.4 Å². The van der Waals surface area contributed by atoms with Crippen molar-refractivity contribution in [3.05, 3.63) is 77.1 Å². The molecule has 5 nitrogen and oxygen atoms in total. The topological polar surface area (TPSA) is 66.9 Å². The number of anilines is 2. The van der Waals surface area contributed by atoms with Gasteiger partial charge < -0.3 is 10.0 Å². The molecule has 0 aliphatic rings. The van der Waals surface area contributed by atoms with Crippen LogP contribution < -0.4 is 10.0 Å². The summed E-state index contributed by atoms with van der Waals surface area (Å²) in [4.78, 5) is 19.0. The number of hydrogen-bond donors (Lipinski definition) is 2. The molecule has 0 saturated heterocycles. The maximum absolute atomic E-state index is 14.1. The van der Waals surface area contributed by atoms with Gasteiger partial charge in [-0.05, 0) is 54.4 Å². The number of benzene rings is 2. The van der Waals surface area contributed by atoms with Crippen LogP contribution in [0.15, 0.2) is 59.8 Å². The number of nitrogens with zero attached hydrogens (tertiary/aromatic N) is 2. The summed E-state index contributed by atoms with van der Waals surface area (Å²) in [7, 11) is 0. The first-order valence-electron chi connectivity index (χ1n) is 7.91. The summed E-state index contributed by atoms with van der Waals surface area (Å²) in [6.45, 7) is 0. The monoisotopic (exact) mass is 442 g/mol. The molecule has 1 heterocycles. The smallest absolute Gasteiger partial charge is 0.326 e. The van der Waals surface area contributed by atoms with Crippen molar-refractivity contribution >= 4 is 40.8 Å². The van der Waals surface area contributed by atoms with Crippen molar-refractivity contribution in [1.82, 2.24) is 9.97 Å². The molecule has 1 aromatic heterocycles. The summed E-state index contributed by atoms with van der Waals surface area (Å²) >= 11 is 6.72. The van der Waals surface area contributed by atoms with Gasteiger partial charge in [0.1, 0.15) is 5.82 Å². The van der Waals surface area contributed by atoms with Crippen LogP contribution >= 0.6 is 23.5 Å². The number of rotatable bonds is 5. The van der Waals surface area contributed by atoms with Crippen molar-refractivity contribution in [2.24, 2.45) is 0 Å². The SMILES string of the molecule is O=C(Nc1ccc(F)c(SNc2ccc(Cl)cc2)c1)c1nccnc1C(F)(F)F. The third-order valence-electron chi connectivity index (χ3n) is 3.49. The number of hydrogen-bond acceptors (Lipinski definition) is 5. The summed E-state index contributed by atoms with van der Waals surface area (Å²) in [5.74, 6) is -1.69. The molecule has 2 aromatic carbocycles. The Morgan fingerprint density at radius 2 is 1.66 bits per heavy atom. The fraction of sp³-hybridized carbons (Fsp3) is 0.0556. The first-order valence-corrected chi connectivity index (χ1v) is 9.11. The summed E-state index contributed by atoms with van der Waals surface area (Å²) in [6.07, 6.45) is -3.02. The minimum absolute atomic E-state index is 0.0931. The lowest BCUT2D eigenvalue weighted by Gasteiger charge is -2.12. The van der Waals surface area contributed by atoms with E-state index in [1.54, 1.807) is 24.3 Å².